The predicted molar refractivity (Wildman–Crippen MR) is 122 cm³/mol. The predicted octanol–water partition coefficient (Wildman–Crippen LogP) is 2.05. The molecule has 0 radical (unpaired) electrons. The quantitative estimate of drug-likeness (QED) is 0.577. The fraction of sp³-hybridized carbons (Fsp3) is 0.292. The van der Waals surface area contributed by atoms with E-state index in [1.54, 1.807) is 22.0 Å². The molecule has 2 aromatic heterocycles. The van der Waals surface area contributed by atoms with Crippen molar-refractivity contribution in [2.45, 2.75) is 32.4 Å². The van der Waals surface area contributed by atoms with Crippen LogP contribution in [0.15, 0.2) is 54.9 Å². The fourth-order valence-electron chi connectivity index (χ4n) is 3.87. The standard InChI is InChI=1S/C24H26N6O3/c1-29-20-11-13-30(22(32)10-9-21(31)26-15-17-6-5-12-25-14-17)16-19(20)23(28-29)24(33)27-18-7-3-2-4-8-18/h2-8,12,14H,9-11,13,15-16H2,1H3,(H,26,31)(H,27,33). The summed E-state index contributed by atoms with van der Waals surface area (Å²) in [5, 5.41) is 10.1. The molecule has 0 saturated heterocycles. The van der Waals surface area contributed by atoms with Crippen molar-refractivity contribution in [1.29, 1.82) is 0 Å². The third-order valence-corrected chi connectivity index (χ3v) is 5.62. The molecule has 1 aromatic carbocycles. The van der Waals surface area contributed by atoms with Crippen LogP contribution in [-0.4, -0.2) is 43.9 Å². The number of fused-ring (bicyclic) bond motifs is 1. The minimum absolute atomic E-state index is 0.108. The van der Waals surface area contributed by atoms with Crippen molar-refractivity contribution in [1.82, 2.24) is 25.0 Å². The van der Waals surface area contributed by atoms with E-state index in [-0.39, 0.29) is 30.6 Å². The lowest BCUT2D eigenvalue weighted by atomic mass is 10.0. The molecule has 9 heteroatoms. The zero-order chi connectivity index (χ0) is 23.2. The molecule has 3 heterocycles. The van der Waals surface area contributed by atoms with Gasteiger partial charge in [-0.05, 0) is 23.8 Å². The number of nitrogens with one attached hydrogen (secondary N) is 2. The number of benzene rings is 1. The molecule has 3 aromatic rings. The highest BCUT2D eigenvalue weighted by atomic mass is 16.2. The summed E-state index contributed by atoms with van der Waals surface area (Å²) in [6, 6.07) is 12.9. The van der Waals surface area contributed by atoms with E-state index in [1.165, 1.54) is 0 Å². The van der Waals surface area contributed by atoms with Crippen LogP contribution in [0.4, 0.5) is 5.69 Å². The molecule has 3 amide bonds. The Hall–Kier alpha value is -4.01. The zero-order valence-corrected chi connectivity index (χ0v) is 18.5. The highest BCUT2D eigenvalue weighted by Gasteiger charge is 2.29. The lowest BCUT2D eigenvalue weighted by Gasteiger charge is -2.27. The van der Waals surface area contributed by atoms with E-state index in [0.717, 1.165) is 16.8 Å². The second-order valence-corrected chi connectivity index (χ2v) is 7.92. The van der Waals surface area contributed by atoms with Crippen molar-refractivity contribution >= 4 is 23.4 Å². The van der Waals surface area contributed by atoms with Crippen molar-refractivity contribution in [2.24, 2.45) is 7.05 Å². The number of nitrogens with zero attached hydrogens (tertiary/aromatic N) is 4. The summed E-state index contributed by atoms with van der Waals surface area (Å²) >= 11 is 0. The smallest absolute Gasteiger partial charge is 0.276 e. The molecule has 1 aliphatic rings. The molecule has 4 rings (SSSR count). The Labute approximate surface area is 191 Å². The summed E-state index contributed by atoms with van der Waals surface area (Å²) in [7, 11) is 1.81. The van der Waals surface area contributed by atoms with Crippen LogP contribution in [0.3, 0.4) is 0 Å². The van der Waals surface area contributed by atoms with Crippen LogP contribution in [0.2, 0.25) is 0 Å². The molecule has 0 bridgehead atoms. The van der Waals surface area contributed by atoms with E-state index in [4.69, 9.17) is 0 Å². The number of para-hydroxylation sites is 1. The second kappa shape index (κ2) is 10.1. The Morgan fingerprint density at radius 1 is 1.06 bits per heavy atom. The van der Waals surface area contributed by atoms with Crippen LogP contribution in [0.1, 0.15) is 40.2 Å². The van der Waals surface area contributed by atoms with Crippen molar-refractivity contribution < 1.29 is 14.4 Å². The van der Waals surface area contributed by atoms with Gasteiger partial charge in [0.05, 0.1) is 0 Å². The summed E-state index contributed by atoms with van der Waals surface area (Å²) in [4.78, 5) is 43.5. The fourth-order valence-corrected chi connectivity index (χ4v) is 3.87. The van der Waals surface area contributed by atoms with Crippen LogP contribution in [0, 0.1) is 0 Å². The lowest BCUT2D eigenvalue weighted by Crippen LogP contribution is -2.37. The molecular weight excluding hydrogens is 420 g/mol. The first kappa shape index (κ1) is 22.2. The van der Waals surface area contributed by atoms with Gasteiger partial charge >= 0.3 is 0 Å². The monoisotopic (exact) mass is 446 g/mol. The first-order valence-corrected chi connectivity index (χ1v) is 10.9. The molecule has 0 atom stereocenters. The SMILES string of the molecule is Cn1nc(C(=O)Nc2ccccc2)c2c1CCN(C(=O)CCC(=O)NCc1cccnc1)C2. The number of hydrogen-bond donors (Lipinski definition) is 2. The molecule has 1 aliphatic heterocycles. The van der Waals surface area contributed by atoms with E-state index < -0.39 is 0 Å². The van der Waals surface area contributed by atoms with Crippen LogP contribution < -0.4 is 10.6 Å². The van der Waals surface area contributed by atoms with Crippen LogP contribution in [-0.2, 0) is 36.1 Å². The van der Waals surface area contributed by atoms with E-state index in [2.05, 4.69) is 20.7 Å². The summed E-state index contributed by atoms with van der Waals surface area (Å²) in [5.41, 5.74) is 3.61. The average Bonchev–Trinajstić information content (AvgIpc) is 3.18. The lowest BCUT2D eigenvalue weighted by molar-refractivity contribution is -0.134. The highest BCUT2D eigenvalue weighted by Crippen LogP contribution is 2.24. The summed E-state index contributed by atoms with van der Waals surface area (Å²) in [6.45, 7) is 1.21. The molecule has 33 heavy (non-hydrogen) atoms. The topological polar surface area (TPSA) is 109 Å². The number of amides is 3. The van der Waals surface area contributed by atoms with Gasteiger partial charge in [-0.15, -0.1) is 0 Å². The Kier molecular flexibility index (Phi) is 6.77. The second-order valence-electron chi connectivity index (χ2n) is 7.92. The molecule has 0 unspecified atom stereocenters. The molecule has 0 saturated carbocycles. The molecule has 0 spiro atoms. The summed E-state index contributed by atoms with van der Waals surface area (Å²) < 4.78 is 1.71. The van der Waals surface area contributed by atoms with Gasteiger partial charge in [-0.25, -0.2) is 0 Å². The van der Waals surface area contributed by atoms with Gasteiger partial charge < -0.3 is 15.5 Å². The number of aryl methyl sites for hydroxylation is 1. The number of rotatable bonds is 7. The average molecular weight is 447 g/mol. The van der Waals surface area contributed by atoms with Crippen molar-refractivity contribution in [3.8, 4) is 0 Å². The molecule has 2 N–H and O–H groups in total. The number of anilines is 1. The van der Waals surface area contributed by atoms with Gasteiger partial charge in [0.2, 0.25) is 11.8 Å². The van der Waals surface area contributed by atoms with Gasteiger partial charge in [0, 0.05) is 75.3 Å². The number of aromatic nitrogens is 3. The Balaban J connectivity index is 1.34. The third-order valence-electron chi connectivity index (χ3n) is 5.62. The largest absolute Gasteiger partial charge is 0.352 e. The zero-order valence-electron chi connectivity index (χ0n) is 18.5. The van der Waals surface area contributed by atoms with Gasteiger partial charge in [0.25, 0.3) is 5.91 Å². The Morgan fingerprint density at radius 3 is 2.64 bits per heavy atom. The van der Waals surface area contributed by atoms with Crippen LogP contribution in [0.25, 0.3) is 0 Å². The van der Waals surface area contributed by atoms with E-state index >= 15 is 0 Å². The Morgan fingerprint density at radius 2 is 1.88 bits per heavy atom. The van der Waals surface area contributed by atoms with Crippen molar-refractivity contribution in [2.75, 3.05) is 11.9 Å². The van der Waals surface area contributed by atoms with E-state index in [1.807, 2.05) is 49.5 Å². The maximum absolute atomic E-state index is 12.8. The van der Waals surface area contributed by atoms with Crippen molar-refractivity contribution in [3.63, 3.8) is 0 Å². The number of hydrogen-bond acceptors (Lipinski definition) is 5. The van der Waals surface area contributed by atoms with Gasteiger partial charge in [-0.1, -0.05) is 24.3 Å². The number of pyridine rings is 1. The van der Waals surface area contributed by atoms with Crippen molar-refractivity contribution in [3.05, 3.63) is 77.4 Å². The highest BCUT2D eigenvalue weighted by molar-refractivity contribution is 6.04. The minimum Gasteiger partial charge on any atom is -0.352 e. The van der Waals surface area contributed by atoms with Crippen LogP contribution in [0.5, 0.6) is 0 Å². The molecule has 0 fully saturated rings. The van der Waals surface area contributed by atoms with E-state index in [9.17, 15) is 14.4 Å². The first-order valence-electron chi connectivity index (χ1n) is 10.9. The summed E-state index contributed by atoms with van der Waals surface area (Å²) in [6.07, 6.45) is 4.19. The number of carbonyl (C=O) groups is 3. The van der Waals surface area contributed by atoms with Gasteiger partial charge in [0.15, 0.2) is 5.69 Å². The molecule has 170 valence electrons. The molecule has 9 nitrogen and oxygen atoms in total. The number of carbonyl (C=O) groups excluding carboxylic acids is 3. The molecule has 0 aliphatic carbocycles. The van der Waals surface area contributed by atoms with Gasteiger partial charge in [-0.3, -0.25) is 24.0 Å². The molecular formula is C24H26N6O3. The maximum Gasteiger partial charge on any atom is 0.276 e. The Bertz CT molecular complexity index is 1140. The van der Waals surface area contributed by atoms with Crippen LogP contribution >= 0.6 is 0 Å². The third kappa shape index (κ3) is 5.43. The first-order chi connectivity index (χ1) is 16.0. The minimum atomic E-state index is -0.304. The normalized spacial score (nSPS) is 12.7. The van der Waals surface area contributed by atoms with Gasteiger partial charge in [-0.2, -0.15) is 5.10 Å². The van der Waals surface area contributed by atoms with E-state index in [0.29, 0.717) is 37.4 Å². The maximum atomic E-state index is 12.8. The summed E-state index contributed by atoms with van der Waals surface area (Å²) in [5.74, 6) is -0.605. The van der Waals surface area contributed by atoms with Gasteiger partial charge in [0.1, 0.15) is 0 Å².